The molecule has 0 bridgehead atoms. The van der Waals surface area contributed by atoms with Crippen LogP contribution in [0, 0.1) is 0 Å². The van der Waals surface area contributed by atoms with Gasteiger partial charge in [-0.15, -0.1) is 0 Å². The molecule has 10 heteroatoms. The third-order valence-electron chi connectivity index (χ3n) is 4.45. The second kappa shape index (κ2) is 8.76. The first-order chi connectivity index (χ1) is 14.9. The van der Waals surface area contributed by atoms with E-state index in [9.17, 15) is 13.2 Å². The van der Waals surface area contributed by atoms with Gasteiger partial charge in [0, 0.05) is 17.4 Å². The Morgan fingerprint density at radius 3 is 2.58 bits per heavy atom. The molecule has 2 aromatic carbocycles. The molecule has 31 heavy (non-hydrogen) atoms. The van der Waals surface area contributed by atoms with Crippen LogP contribution in [0.3, 0.4) is 0 Å². The summed E-state index contributed by atoms with van der Waals surface area (Å²) in [6, 6.07) is 16.4. The average Bonchev–Trinajstić information content (AvgIpc) is 3.47. The molecule has 8 nitrogen and oxygen atoms in total. The summed E-state index contributed by atoms with van der Waals surface area (Å²) in [5.41, 5.74) is 2.48. The third-order valence-corrected chi connectivity index (χ3v) is 6.34. The van der Waals surface area contributed by atoms with Crippen LogP contribution in [-0.2, 0) is 16.6 Å². The molecule has 0 aliphatic carbocycles. The molecule has 0 aliphatic heterocycles. The molecule has 0 atom stereocenters. The first kappa shape index (κ1) is 20.9. The summed E-state index contributed by atoms with van der Waals surface area (Å²) in [4.78, 5) is 12.5. The SMILES string of the molecule is O=C(Nc1ccc(-c2ccn[nH]2)cc1)c1ccc(Cl)c(S(=O)(=O)NCc2ccco2)c1. The molecule has 4 aromatic rings. The zero-order valence-corrected chi connectivity index (χ0v) is 17.6. The number of hydrogen-bond donors (Lipinski definition) is 3. The number of nitrogens with zero attached hydrogens (tertiary/aromatic N) is 1. The van der Waals surface area contributed by atoms with Gasteiger partial charge in [0.05, 0.1) is 23.5 Å². The number of hydrogen-bond acceptors (Lipinski definition) is 5. The predicted octanol–water partition coefficient (Wildman–Crippen LogP) is 4.05. The standard InChI is InChI=1S/C21H17ClN4O4S/c22-18-8-5-15(12-20(18)31(28,29)24-13-17-2-1-11-30-17)21(27)25-16-6-3-14(4-7-16)19-9-10-23-26-19/h1-12,24H,13H2,(H,23,26)(H,25,27). The topological polar surface area (TPSA) is 117 Å². The van der Waals surface area contributed by atoms with Crippen LogP contribution in [0.4, 0.5) is 5.69 Å². The molecule has 0 radical (unpaired) electrons. The summed E-state index contributed by atoms with van der Waals surface area (Å²) >= 11 is 6.09. The van der Waals surface area contributed by atoms with Gasteiger partial charge in [0.1, 0.15) is 10.7 Å². The van der Waals surface area contributed by atoms with E-state index in [1.54, 1.807) is 30.5 Å². The van der Waals surface area contributed by atoms with Gasteiger partial charge < -0.3 is 9.73 Å². The number of aromatic nitrogens is 2. The van der Waals surface area contributed by atoms with Crippen LogP contribution in [0.1, 0.15) is 16.1 Å². The molecule has 2 aromatic heterocycles. The maximum Gasteiger partial charge on any atom is 0.255 e. The first-order valence-electron chi connectivity index (χ1n) is 9.15. The fraction of sp³-hybridized carbons (Fsp3) is 0.0476. The van der Waals surface area contributed by atoms with Gasteiger partial charge in [-0.2, -0.15) is 5.10 Å². The van der Waals surface area contributed by atoms with Crippen molar-refractivity contribution in [1.29, 1.82) is 0 Å². The van der Waals surface area contributed by atoms with E-state index >= 15 is 0 Å². The molecule has 0 saturated carbocycles. The van der Waals surface area contributed by atoms with Crippen LogP contribution in [0.25, 0.3) is 11.3 Å². The number of furan rings is 1. The molecule has 0 aliphatic rings. The Morgan fingerprint density at radius 2 is 1.90 bits per heavy atom. The maximum atomic E-state index is 12.7. The molecule has 0 unspecified atom stereocenters. The quantitative estimate of drug-likeness (QED) is 0.387. The third kappa shape index (κ3) is 4.85. The number of rotatable bonds is 7. The fourth-order valence-electron chi connectivity index (χ4n) is 2.86. The lowest BCUT2D eigenvalue weighted by Crippen LogP contribution is -2.24. The molecule has 4 rings (SSSR count). The Balaban J connectivity index is 1.50. The highest BCUT2D eigenvalue weighted by atomic mass is 35.5. The Bertz CT molecular complexity index is 1290. The highest BCUT2D eigenvalue weighted by Crippen LogP contribution is 2.24. The number of amides is 1. The molecule has 3 N–H and O–H groups in total. The molecular formula is C21H17ClN4O4S. The first-order valence-corrected chi connectivity index (χ1v) is 11.0. The van der Waals surface area contributed by atoms with Crippen LogP contribution in [-0.4, -0.2) is 24.5 Å². The van der Waals surface area contributed by atoms with Gasteiger partial charge in [-0.05, 0) is 54.1 Å². The number of carbonyl (C=O) groups is 1. The Morgan fingerprint density at radius 1 is 1.10 bits per heavy atom. The van der Waals surface area contributed by atoms with Crippen LogP contribution >= 0.6 is 11.6 Å². The van der Waals surface area contributed by atoms with E-state index < -0.39 is 15.9 Å². The highest BCUT2D eigenvalue weighted by Gasteiger charge is 2.20. The lowest BCUT2D eigenvalue weighted by molar-refractivity contribution is 0.102. The number of aromatic amines is 1. The minimum atomic E-state index is -3.96. The van der Waals surface area contributed by atoms with Crippen molar-refractivity contribution in [1.82, 2.24) is 14.9 Å². The fourth-order valence-corrected chi connectivity index (χ4v) is 4.38. The molecule has 158 valence electrons. The summed E-state index contributed by atoms with van der Waals surface area (Å²) in [6.45, 7) is -0.0369. The zero-order chi connectivity index (χ0) is 21.8. The van der Waals surface area contributed by atoms with E-state index in [1.807, 2.05) is 18.2 Å². The van der Waals surface area contributed by atoms with Crippen molar-refractivity contribution < 1.29 is 17.6 Å². The summed E-state index contributed by atoms with van der Waals surface area (Å²) in [5, 5.41) is 9.52. The van der Waals surface area contributed by atoms with Gasteiger partial charge in [0.15, 0.2) is 0 Å². The van der Waals surface area contributed by atoms with Gasteiger partial charge in [-0.3, -0.25) is 9.89 Å². The lowest BCUT2D eigenvalue weighted by Gasteiger charge is -2.10. The van der Waals surface area contributed by atoms with E-state index in [0.29, 0.717) is 11.4 Å². The number of benzene rings is 2. The van der Waals surface area contributed by atoms with Gasteiger partial charge >= 0.3 is 0 Å². The van der Waals surface area contributed by atoms with Crippen LogP contribution < -0.4 is 10.0 Å². The molecule has 0 fully saturated rings. The Hall–Kier alpha value is -3.40. The smallest absolute Gasteiger partial charge is 0.255 e. The lowest BCUT2D eigenvalue weighted by atomic mass is 10.1. The monoisotopic (exact) mass is 456 g/mol. The maximum absolute atomic E-state index is 12.7. The van der Waals surface area contributed by atoms with Crippen molar-refractivity contribution in [2.45, 2.75) is 11.4 Å². The number of nitrogens with one attached hydrogen (secondary N) is 3. The number of sulfonamides is 1. The number of H-pyrrole nitrogens is 1. The molecule has 2 heterocycles. The van der Waals surface area contributed by atoms with Gasteiger partial charge in [-0.25, -0.2) is 13.1 Å². The second-order valence-electron chi connectivity index (χ2n) is 6.55. The summed E-state index contributed by atoms with van der Waals surface area (Å²) < 4.78 is 32.8. The van der Waals surface area contributed by atoms with Gasteiger partial charge in [-0.1, -0.05) is 23.7 Å². The molecule has 0 saturated heterocycles. The molecule has 0 spiro atoms. The summed E-state index contributed by atoms with van der Waals surface area (Å²) in [6.07, 6.45) is 3.10. The van der Waals surface area contributed by atoms with Crippen molar-refractivity contribution in [2.24, 2.45) is 0 Å². The summed E-state index contributed by atoms with van der Waals surface area (Å²) in [5.74, 6) is -0.0133. The predicted molar refractivity (Wildman–Crippen MR) is 116 cm³/mol. The minimum absolute atomic E-state index is 0.00686. The van der Waals surface area contributed by atoms with E-state index in [-0.39, 0.29) is 22.0 Å². The number of halogens is 1. The largest absolute Gasteiger partial charge is 0.468 e. The van der Waals surface area contributed by atoms with Crippen molar-refractivity contribution in [2.75, 3.05) is 5.32 Å². The van der Waals surface area contributed by atoms with Crippen molar-refractivity contribution in [3.05, 3.63) is 89.5 Å². The van der Waals surface area contributed by atoms with Crippen molar-refractivity contribution >= 4 is 33.2 Å². The van der Waals surface area contributed by atoms with Crippen molar-refractivity contribution in [3.8, 4) is 11.3 Å². The minimum Gasteiger partial charge on any atom is -0.468 e. The van der Waals surface area contributed by atoms with Crippen LogP contribution in [0.5, 0.6) is 0 Å². The van der Waals surface area contributed by atoms with E-state index in [0.717, 1.165) is 11.3 Å². The number of carbonyl (C=O) groups excluding carboxylic acids is 1. The normalized spacial score (nSPS) is 11.4. The second-order valence-corrected chi connectivity index (χ2v) is 8.69. The van der Waals surface area contributed by atoms with E-state index in [2.05, 4.69) is 20.2 Å². The zero-order valence-electron chi connectivity index (χ0n) is 16.0. The molecular weight excluding hydrogens is 440 g/mol. The average molecular weight is 457 g/mol. The van der Waals surface area contributed by atoms with E-state index in [1.165, 1.54) is 24.5 Å². The van der Waals surface area contributed by atoms with Crippen LogP contribution in [0.15, 0.2) is 82.4 Å². The van der Waals surface area contributed by atoms with Gasteiger partial charge in [0.2, 0.25) is 10.0 Å². The van der Waals surface area contributed by atoms with Crippen LogP contribution in [0.2, 0.25) is 5.02 Å². The number of anilines is 1. The highest BCUT2D eigenvalue weighted by molar-refractivity contribution is 7.89. The van der Waals surface area contributed by atoms with Gasteiger partial charge in [0.25, 0.3) is 5.91 Å². The Kier molecular flexibility index (Phi) is 5.90. The summed E-state index contributed by atoms with van der Waals surface area (Å²) in [7, 11) is -3.96. The van der Waals surface area contributed by atoms with Crippen molar-refractivity contribution in [3.63, 3.8) is 0 Å². The Labute approximate surface area is 183 Å². The molecule has 1 amide bonds. The van der Waals surface area contributed by atoms with E-state index in [4.69, 9.17) is 16.0 Å².